The van der Waals surface area contributed by atoms with E-state index in [2.05, 4.69) is 5.32 Å². The van der Waals surface area contributed by atoms with Crippen LogP contribution in [0.15, 0.2) is 18.2 Å². The maximum absolute atomic E-state index is 11.9. The Morgan fingerprint density at radius 1 is 1.26 bits per heavy atom. The predicted octanol–water partition coefficient (Wildman–Crippen LogP) is 1.37. The molecule has 0 aliphatic rings. The number of hydrogen-bond acceptors (Lipinski definition) is 3. The first-order chi connectivity index (χ1) is 8.62. The number of nitrogens with one attached hydrogen (secondary N) is 1. The summed E-state index contributed by atoms with van der Waals surface area (Å²) in [4.78, 5) is 25.2. The first kappa shape index (κ1) is 15.2. The van der Waals surface area contributed by atoms with Crippen molar-refractivity contribution in [2.75, 3.05) is 19.4 Å². The summed E-state index contributed by atoms with van der Waals surface area (Å²) in [6.45, 7) is 5.11. The van der Waals surface area contributed by atoms with Crippen LogP contribution in [0.1, 0.15) is 29.8 Å². The van der Waals surface area contributed by atoms with Gasteiger partial charge in [-0.25, -0.2) is 0 Å². The zero-order chi connectivity index (χ0) is 14.8. The van der Waals surface area contributed by atoms with E-state index >= 15 is 0 Å². The summed E-state index contributed by atoms with van der Waals surface area (Å²) in [5, 5.41) is 2.73. The lowest BCUT2D eigenvalue weighted by molar-refractivity contribution is -0.120. The van der Waals surface area contributed by atoms with Crippen LogP contribution in [0.2, 0.25) is 0 Å². The van der Waals surface area contributed by atoms with Gasteiger partial charge in [-0.1, -0.05) is 0 Å². The molecule has 0 fully saturated rings. The van der Waals surface area contributed by atoms with Crippen molar-refractivity contribution in [2.45, 2.75) is 26.3 Å². The molecule has 0 aromatic heterocycles. The van der Waals surface area contributed by atoms with Gasteiger partial charge in [0.25, 0.3) is 5.91 Å². The Bertz CT molecular complexity index is 502. The van der Waals surface area contributed by atoms with E-state index in [9.17, 15) is 9.59 Å². The number of rotatable bonds is 3. The number of benzene rings is 1. The fourth-order valence-electron chi connectivity index (χ4n) is 1.51. The second kappa shape index (κ2) is 5.40. The smallest absolute Gasteiger partial charge is 0.253 e. The Balaban J connectivity index is 2.95. The normalized spacial score (nSPS) is 11.1. The van der Waals surface area contributed by atoms with Crippen LogP contribution >= 0.6 is 0 Å². The molecule has 0 spiro atoms. The number of hydrogen-bond donors (Lipinski definition) is 2. The summed E-state index contributed by atoms with van der Waals surface area (Å²) in [7, 11) is 3.41. The lowest BCUT2D eigenvalue weighted by Gasteiger charge is -2.18. The standard InChI is InChI=1S/C14H21N3O2/c1-9-8-10(16-13(19)14(2,3)15)6-7-11(9)12(18)17(4)5/h6-8H,15H2,1-5H3,(H,16,19). The Morgan fingerprint density at radius 2 is 1.84 bits per heavy atom. The van der Waals surface area contributed by atoms with E-state index in [4.69, 9.17) is 5.73 Å². The predicted molar refractivity (Wildman–Crippen MR) is 76.1 cm³/mol. The van der Waals surface area contributed by atoms with Crippen LogP contribution in [0.25, 0.3) is 0 Å². The highest BCUT2D eigenvalue weighted by Crippen LogP contribution is 2.17. The van der Waals surface area contributed by atoms with Gasteiger partial charge in [0, 0.05) is 25.3 Å². The molecule has 0 saturated carbocycles. The number of nitrogens with two attached hydrogens (primary N) is 1. The van der Waals surface area contributed by atoms with Gasteiger partial charge >= 0.3 is 0 Å². The summed E-state index contributed by atoms with van der Waals surface area (Å²) in [6.07, 6.45) is 0. The van der Waals surface area contributed by atoms with E-state index in [-0.39, 0.29) is 11.8 Å². The van der Waals surface area contributed by atoms with Crippen LogP contribution in [-0.2, 0) is 4.79 Å². The fraction of sp³-hybridized carbons (Fsp3) is 0.429. The summed E-state index contributed by atoms with van der Waals surface area (Å²) in [6, 6.07) is 5.17. The molecule has 0 atom stereocenters. The summed E-state index contributed by atoms with van der Waals surface area (Å²) in [5.41, 5.74) is 6.84. The minimum Gasteiger partial charge on any atom is -0.345 e. The summed E-state index contributed by atoms with van der Waals surface area (Å²) < 4.78 is 0. The third kappa shape index (κ3) is 3.79. The Kier molecular flexibility index (Phi) is 4.32. The lowest BCUT2D eigenvalue weighted by Crippen LogP contribution is -2.45. The van der Waals surface area contributed by atoms with Gasteiger partial charge in [-0.3, -0.25) is 9.59 Å². The van der Waals surface area contributed by atoms with Crippen molar-refractivity contribution in [3.63, 3.8) is 0 Å². The van der Waals surface area contributed by atoms with E-state index in [0.29, 0.717) is 11.3 Å². The van der Waals surface area contributed by atoms with Crippen molar-refractivity contribution in [3.8, 4) is 0 Å². The molecule has 1 rings (SSSR count). The molecule has 0 unspecified atom stereocenters. The van der Waals surface area contributed by atoms with Crippen LogP contribution in [0, 0.1) is 6.92 Å². The molecule has 0 saturated heterocycles. The van der Waals surface area contributed by atoms with Gasteiger partial charge in [-0.05, 0) is 44.5 Å². The molecule has 1 aromatic rings. The quantitative estimate of drug-likeness (QED) is 0.865. The molecule has 0 bridgehead atoms. The summed E-state index contributed by atoms with van der Waals surface area (Å²) >= 11 is 0. The number of nitrogens with zero attached hydrogens (tertiary/aromatic N) is 1. The van der Waals surface area contributed by atoms with Gasteiger partial charge in [0.2, 0.25) is 5.91 Å². The molecule has 2 amide bonds. The molecular weight excluding hydrogens is 242 g/mol. The molecule has 0 aliphatic carbocycles. The Hall–Kier alpha value is -1.88. The van der Waals surface area contributed by atoms with E-state index in [1.807, 2.05) is 6.92 Å². The zero-order valence-corrected chi connectivity index (χ0v) is 12.1. The number of amides is 2. The van der Waals surface area contributed by atoms with Crippen molar-refractivity contribution in [3.05, 3.63) is 29.3 Å². The molecule has 1 aromatic carbocycles. The third-order valence-electron chi connectivity index (χ3n) is 2.71. The first-order valence-electron chi connectivity index (χ1n) is 6.05. The Morgan fingerprint density at radius 3 is 2.26 bits per heavy atom. The molecule has 0 radical (unpaired) electrons. The molecule has 0 heterocycles. The highest BCUT2D eigenvalue weighted by Gasteiger charge is 2.22. The molecule has 3 N–H and O–H groups in total. The molecule has 0 aliphatic heterocycles. The second-order valence-electron chi connectivity index (χ2n) is 5.41. The van der Waals surface area contributed by atoms with E-state index < -0.39 is 5.54 Å². The van der Waals surface area contributed by atoms with Gasteiger partial charge in [-0.2, -0.15) is 0 Å². The van der Waals surface area contributed by atoms with Gasteiger partial charge in [0.1, 0.15) is 0 Å². The molecule has 19 heavy (non-hydrogen) atoms. The van der Waals surface area contributed by atoms with Crippen LogP contribution in [0.4, 0.5) is 5.69 Å². The second-order valence-corrected chi connectivity index (χ2v) is 5.41. The number of anilines is 1. The minimum absolute atomic E-state index is 0.0606. The molecular formula is C14H21N3O2. The number of carbonyl (C=O) groups excluding carboxylic acids is 2. The van der Waals surface area contributed by atoms with Crippen molar-refractivity contribution in [1.82, 2.24) is 4.90 Å². The molecule has 5 heteroatoms. The van der Waals surface area contributed by atoms with Gasteiger partial charge in [-0.15, -0.1) is 0 Å². The topological polar surface area (TPSA) is 75.4 Å². The lowest BCUT2D eigenvalue weighted by atomic mass is 10.0. The Labute approximate surface area is 113 Å². The highest BCUT2D eigenvalue weighted by atomic mass is 16.2. The van der Waals surface area contributed by atoms with Crippen molar-refractivity contribution in [2.24, 2.45) is 5.73 Å². The third-order valence-corrected chi connectivity index (χ3v) is 2.71. The number of aryl methyl sites for hydroxylation is 1. The molecule has 5 nitrogen and oxygen atoms in total. The maximum atomic E-state index is 11.9. The van der Waals surface area contributed by atoms with E-state index in [1.165, 1.54) is 4.90 Å². The van der Waals surface area contributed by atoms with Crippen molar-refractivity contribution in [1.29, 1.82) is 0 Å². The van der Waals surface area contributed by atoms with Crippen LogP contribution < -0.4 is 11.1 Å². The average Bonchev–Trinajstić information content (AvgIpc) is 2.26. The maximum Gasteiger partial charge on any atom is 0.253 e. The van der Waals surface area contributed by atoms with Crippen LogP contribution in [0.5, 0.6) is 0 Å². The van der Waals surface area contributed by atoms with Crippen LogP contribution in [0.3, 0.4) is 0 Å². The minimum atomic E-state index is -0.938. The highest BCUT2D eigenvalue weighted by molar-refractivity contribution is 5.99. The zero-order valence-electron chi connectivity index (χ0n) is 12.1. The molecule has 104 valence electrons. The first-order valence-corrected chi connectivity index (χ1v) is 6.05. The summed E-state index contributed by atoms with van der Waals surface area (Å²) in [5.74, 6) is -0.326. The van der Waals surface area contributed by atoms with E-state index in [1.54, 1.807) is 46.1 Å². The number of carbonyl (C=O) groups is 2. The largest absolute Gasteiger partial charge is 0.345 e. The van der Waals surface area contributed by atoms with Crippen LogP contribution in [-0.4, -0.2) is 36.3 Å². The average molecular weight is 263 g/mol. The van der Waals surface area contributed by atoms with Gasteiger partial charge in [0.15, 0.2) is 0 Å². The van der Waals surface area contributed by atoms with Crippen molar-refractivity contribution < 1.29 is 9.59 Å². The van der Waals surface area contributed by atoms with Gasteiger partial charge in [0.05, 0.1) is 5.54 Å². The van der Waals surface area contributed by atoms with Crippen molar-refractivity contribution >= 4 is 17.5 Å². The monoisotopic (exact) mass is 263 g/mol. The SMILES string of the molecule is Cc1cc(NC(=O)C(C)(C)N)ccc1C(=O)N(C)C. The fourth-order valence-corrected chi connectivity index (χ4v) is 1.51. The van der Waals surface area contributed by atoms with Gasteiger partial charge < -0.3 is 16.0 Å². The van der Waals surface area contributed by atoms with E-state index in [0.717, 1.165) is 5.56 Å².